The van der Waals surface area contributed by atoms with Gasteiger partial charge in [0.1, 0.15) is 23.0 Å². The summed E-state index contributed by atoms with van der Waals surface area (Å²) >= 11 is 1.61. The highest BCUT2D eigenvalue weighted by molar-refractivity contribution is 7.16. The number of carbonyl (C=O) groups excluding carboxylic acids is 1. The summed E-state index contributed by atoms with van der Waals surface area (Å²) in [5.41, 5.74) is 5.96. The van der Waals surface area contributed by atoms with E-state index in [4.69, 9.17) is 5.73 Å². The first-order valence-corrected chi connectivity index (χ1v) is 9.11. The molecule has 0 aromatic carbocycles. The molecule has 2 aromatic heterocycles. The zero-order chi connectivity index (χ0) is 15.8. The zero-order valence-corrected chi connectivity index (χ0v) is 13.8. The molecule has 1 unspecified atom stereocenters. The van der Waals surface area contributed by atoms with Crippen LogP contribution >= 0.6 is 11.3 Å². The Hall–Kier alpha value is -1.73. The molecular weight excluding hydrogens is 310 g/mol. The highest BCUT2D eigenvalue weighted by Crippen LogP contribution is 2.32. The number of piperidine rings is 1. The fourth-order valence-corrected chi connectivity index (χ4v) is 4.34. The van der Waals surface area contributed by atoms with Crippen LogP contribution in [0.4, 0.5) is 5.82 Å². The Morgan fingerprint density at radius 3 is 2.87 bits per heavy atom. The van der Waals surface area contributed by atoms with E-state index in [-0.39, 0.29) is 18.0 Å². The molecule has 0 spiro atoms. The molecule has 2 N–H and O–H groups in total. The normalized spacial score (nSPS) is 22.9. The van der Waals surface area contributed by atoms with Gasteiger partial charge >= 0.3 is 0 Å². The molecule has 0 saturated carbocycles. The van der Waals surface area contributed by atoms with Crippen molar-refractivity contribution >= 4 is 33.3 Å². The third-order valence-corrected chi connectivity index (χ3v) is 5.72. The maximum absolute atomic E-state index is 13.0. The fraction of sp³-hybridized carbons (Fsp3) is 0.562. The predicted molar refractivity (Wildman–Crippen MR) is 91.6 cm³/mol. The van der Waals surface area contributed by atoms with E-state index in [1.54, 1.807) is 17.7 Å². The van der Waals surface area contributed by atoms with Gasteiger partial charge in [0.2, 0.25) is 5.91 Å². The van der Waals surface area contributed by atoms with Gasteiger partial charge in [0, 0.05) is 25.7 Å². The van der Waals surface area contributed by atoms with Crippen LogP contribution in [-0.4, -0.2) is 52.5 Å². The second-order valence-corrected chi connectivity index (χ2v) is 7.25. The Kier molecular flexibility index (Phi) is 3.90. The van der Waals surface area contributed by atoms with E-state index in [2.05, 4.69) is 20.9 Å². The van der Waals surface area contributed by atoms with E-state index in [1.165, 1.54) is 0 Å². The fourth-order valence-electron chi connectivity index (χ4n) is 3.61. The maximum atomic E-state index is 13.0. The molecule has 2 fully saturated rings. The summed E-state index contributed by atoms with van der Waals surface area (Å²) in [6.45, 7) is 2.44. The predicted octanol–water partition coefficient (Wildman–Crippen LogP) is 1.61. The number of amides is 1. The average Bonchev–Trinajstić information content (AvgIpc) is 3.23. The van der Waals surface area contributed by atoms with Gasteiger partial charge in [-0.2, -0.15) is 0 Å². The Bertz CT molecular complexity index is 709. The standard InChI is InChI=1S/C16H21N5OS/c17-11-3-7-20(8-4-11)16(22)13-2-1-6-21(13)14-12-5-9-23-15(12)19-10-18-14/h5,9-11,13H,1-4,6-8,17H2. The van der Waals surface area contributed by atoms with Gasteiger partial charge in [-0.05, 0) is 37.1 Å². The zero-order valence-electron chi connectivity index (χ0n) is 13.0. The number of nitrogens with two attached hydrogens (primary N) is 1. The summed E-state index contributed by atoms with van der Waals surface area (Å²) in [6.07, 6.45) is 5.34. The molecule has 1 amide bonds. The third-order valence-electron chi connectivity index (χ3n) is 4.90. The largest absolute Gasteiger partial charge is 0.344 e. The van der Waals surface area contributed by atoms with Crippen molar-refractivity contribution in [1.82, 2.24) is 14.9 Å². The molecule has 4 heterocycles. The summed E-state index contributed by atoms with van der Waals surface area (Å²) in [5, 5.41) is 3.08. The van der Waals surface area contributed by atoms with Crippen molar-refractivity contribution in [3.8, 4) is 0 Å². The van der Waals surface area contributed by atoms with E-state index in [0.29, 0.717) is 0 Å². The topological polar surface area (TPSA) is 75.3 Å². The van der Waals surface area contributed by atoms with Gasteiger partial charge in [-0.25, -0.2) is 9.97 Å². The molecule has 122 valence electrons. The molecule has 2 aromatic rings. The summed E-state index contributed by atoms with van der Waals surface area (Å²) in [4.78, 5) is 26.9. The van der Waals surface area contributed by atoms with Crippen LogP contribution in [0.15, 0.2) is 17.8 Å². The first-order valence-electron chi connectivity index (χ1n) is 8.23. The molecule has 0 radical (unpaired) electrons. The highest BCUT2D eigenvalue weighted by Gasteiger charge is 2.36. The molecule has 1 atom stereocenters. The maximum Gasteiger partial charge on any atom is 0.245 e. The number of fused-ring (bicyclic) bond motifs is 1. The number of nitrogens with zero attached hydrogens (tertiary/aromatic N) is 4. The lowest BCUT2D eigenvalue weighted by atomic mass is 10.0. The van der Waals surface area contributed by atoms with Crippen LogP contribution < -0.4 is 10.6 Å². The smallest absolute Gasteiger partial charge is 0.245 e. The van der Waals surface area contributed by atoms with E-state index in [0.717, 1.165) is 61.4 Å². The average molecular weight is 331 g/mol. The molecule has 0 bridgehead atoms. The third kappa shape index (κ3) is 2.68. The van der Waals surface area contributed by atoms with Crippen molar-refractivity contribution < 1.29 is 4.79 Å². The van der Waals surface area contributed by atoms with Crippen LogP contribution in [0.1, 0.15) is 25.7 Å². The minimum absolute atomic E-state index is 0.0951. The number of likely N-dealkylation sites (tertiary alicyclic amines) is 1. The first-order chi connectivity index (χ1) is 11.2. The summed E-state index contributed by atoms with van der Waals surface area (Å²) < 4.78 is 0. The minimum atomic E-state index is -0.0951. The molecule has 2 saturated heterocycles. The van der Waals surface area contributed by atoms with E-state index >= 15 is 0 Å². The molecule has 6 nitrogen and oxygen atoms in total. The molecule has 23 heavy (non-hydrogen) atoms. The van der Waals surface area contributed by atoms with Crippen LogP contribution in [0, 0.1) is 0 Å². The quantitative estimate of drug-likeness (QED) is 0.905. The van der Waals surface area contributed by atoms with E-state index < -0.39 is 0 Å². The van der Waals surface area contributed by atoms with Gasteiger partial charge < -0.3 is 15.5 Å². The van der Waals surface area contributed by atoms with Gasteiger partial charge in [-0.15, -0.1) is 11.3 Å². The summed E-state index contributed by atoms with van der Waals surface area (Å²) in [6, 6.07) is 2.20. The van der Waals surface area contributed by atoms with Crippen LogP contribution in [0.3, 0.4) is 0 Å². The first kappa shape index (κ1) is 14.8. The van der Waals surface area contributed by atoms with Gasteiger partial charge in [-0.3, -0.25) is 4.79 Å². The summed E-state index contributed by atoms with van der Waals surface area (Å²) in [7, 11) is 0. The van der Waals surface area contributed by atoms with Crippen molar-refractivity contribution in [1.29, 1.82) is 0 Å². The summed E-state index contributed by atoms with van der Waals surface area (Å²) in [5.74, 6) is 1.14. The van der Waals surface area contributed by atoms with Gasteiger partial charge in [0.05, 0.1) is 5.39 Å². The minimum Gasteiger partial charge on any atom is -0.344 e. The number of thiophene rings is 1. The van der Waals surface area contributed by atoms with Crippen molar-refractivity contribution in [3.63, 3.8) is 0 Å². The molecule has 7 heteroatoms. The Labute approximate surface area is 139 Å². The Morgan fingerprint density at radius 2 is 2.04 bits per heavy atom. The van der Waals surface area contributed by atoms with Gasteiger partial charge in [0.25, 0.3) is 0 Å². The van der Waals surface area contributed by atoms with Crippen LogP contribution in [0.5, 0.6) is 0 Å². The second-order valence-electron chi connectivity index (χ2n) is 6.35. The van der Waals surface area contributed by atoms with Gasteiger partial charge in [0.15, 0.2) is 0 Å². The molecule has 0 aliphatic carbocycles. The SMILES string of the molecule is NC1CCN(C(=O)C2CCCN2c2ncnc3sccc23)CC1. The molecule has 4 rings (SSSR count). The Morgan fingerprint density at radius 1 is 1.22 bits per heavy atom. The molecule has 2 aliphatic rings. The van der Waals surface area contributed by atoms with E-state index in [9.17, 15) is 4.79 Å². The molecular formula is C16H21N5OS. The number of hydrogen-bond donors (Lipinski definition) is 1. The van der Waals surface area contributed by atoms with Crippen LogP contribution in [-0.2, 0) is 4.79 Å². The van der Waals surface area contributed by atoms with Crippen molar-refractivity contribution in [2.24, 2.45) is 5.73 Å². The lowest BCUT2D eigenvalue weighted by Gasteiger charge is -2.34. The molecule has 2 aliphatic heterocycles. The number of hydrogen-bond acceptors (Lipinski definition) is 6. The number of rotatable bonds is 2. The van der Waals surface area contributed by atoms with Crippen molar-refractivity contribution in [3.05, 3.63) is 17.8 Å². The van der Waals surface area contributed by atoms with E-state index in [1.807, 2.05) is 10.3 Å². The van der Waals surface area contributed by atoms with Gasteiger partial charge in [-0.1, -0.05) is 0 Å². The lowest BCUT2D eigenvalue weighted by molar-refractivity contribution is -0.133. The lowest BCUT2D eigenvalue weighted by Crippen LogP contribution is -2.50. The van der Waals surface area contributed by atoms with Crippen molar-refractivity contribution in [2.75, 3.05) is 24.5 Å². The van der Waals surface area contributed by atoms with Crippen molar-refractivity contribution in [2.45, 2.75) is 37.8 Å². The highest BCUT2D eigenvalue weighted by atomic mass is 32.1. The Balaban J connectivity index is 1.59. The second kappa shape index (κ2) is 6.05. The number of anilines is 1. The van der Waals surface area contributed by atoms with Crippen LogP contribution in [0.2, 0.25) is 0 Å². The monoisotopic (exact) mass is 331 g/mol. The number of aromatic nitrogens is 2. The number of carbonyl (C=O) groups is 1. The van der Waals surface area contributed by atoms with Crippen LogP contribution in [0.25, 0.3) is 10.2 Å².